The van der Waals surface area contributed by atoms with Crippen LogP contribution in [-0.2, 0) is 4.79 Å². The van der Waals surface area contributed by atoms with E-state index in [0.29, 0.717) is 13.1 Å². The second-order valence-electron chi connectivity index (χ2n) is 4.24. The van der Waals surface area contributed by atoms with Crippen molar-refractivity contribution < 1.29 is 14.7 Å². The molecule has 2 amide bonds. The number of nitrogens with zero attached hydrogens (tertiary/aromatic N) is 1. The van der Waals surface area contributed by atoms with Gasteiger partial charge in [0.15, 0.2) is 0 Å². The second-order valence-corrected chi connectivity index (χ2v) is 4.24. The Morgan fingerprint density at radius 3 is 2.75 bits per heavy atom. The number of hydrogen-bond donors (Lipinski definition) is 2. The molecule has 0 aromatic rings. The lowest BCUT2D eigenvalue weighted by atomic mass is 9.97. The Kier molecular flexibility index (Phi) is 4.34. The summed E-state index contributed by atoms with van der Waals surface area (Å²) in [5.41, 5.74) is 0. The first-order chi connectivity index (χ1) is 7.52. The fraction of sp³-hybridized carbons (Fsp3) is 0.636. The molecule has 1 rings (SSSR count). The van der Waals surface area contributed by atoms with Crippen LogP contribution in [0.4, 0.5) is 4.79 Å². The average molecular weight is 226 g/mol. The van der Waals surface area contributed by atoms with Crippen LogP contribution in [0.25, 0.3) is 0 Å². The molecule has 0 bridgehead atoms. The summed E-state index contributed by atoms with van der Waals surface area (Å²) < 4.78 is 0. The van der Waals surface area contributed by atoms with Gasteiger partial charge in [-0.05, 0) is 13.3 Å². The number of hydrogen-bond acceptors (Lipinski definition) is 2. The summed E-state index contributed by atoms with van der Waals surface area (Å²) in [5.74, 6) is -0.692. The lowest BCUT2D eigenvalue weighted by Crippen LogP contribution is -2.55. The molecule has 0 spiro atoms. The molecular formula is C11H18N2O3. The van der Waals surface area contributed by atoms with E-state index in [9.17, 15) is 9.59 Å². The van der Waals surface area contributed by atoms with Crippen LogP contribution in [0, 0.1) is 5.92 Å². The van der Waals surface area contributed by atoms with Crippen LogP contribution in [0.15, 0.2) is 12.7 Å². The van der Waals surface area contributed by atoms with Gasteiger partial charge in [-0.3, -0.25) is 4.79 Å². The molecule has 16 heavy (non-hydrogen) atoms. The summed E-state index contributed by atoms with van der Waals surface area (Å²) in [6, 6.07) is -0.0421. The highest BCUT2D eigenvalue weighted by Crippen LogP contribution is 2.18. The topological polar surface area (TPSA) is 69.6 Å². The van der Waals surface area contributed by atoms with Crippen LogP contribution in [0.3, 0.4) is 0 Å². The molecule has 5 nitrogen and oxygen atoms in total. The van der Waals surface area contributed by atoms with Crippen molar-refractivity contribution in [3.8, 4) is 0 Å². The van der Waals surface area contributed by atoms with Crippen LogP contribution < -0.4 is 5.32 Å². The van der Waals surface area contributed by atoms with Crippen molar-refractivity contribution in [2.45, 2.75) is 25.8 Å². The standard InChI is InChI=1S/C11H18N2O3/c1-3-4-8(2)12-11(16)13-6-9(7-13)5-10(14)15/h3,8-9H,1,4-7H2,2H3,(H,12,16)(H,14,15). The minimum absolute atomic E-state index is 0.0727. The maximum Gasteiger partial charge on any atom is 0.317 e. The van der Waals surface area contributed by atoms with Gasteiger partial charge in [-0.25, -0.2) is 4.79 Å². The predicted molar refractivity (Wildman–Crippen MR) is 60.1 cm³/mol. The van der Waals surface area contributed by atoms with E-state index in [1.54, 1.807) is 11.0 Å². The summed E-state index contributed by atoms with van der Waals surface area (Å²) in [7, 11) is 0. The van der Waals surface area contributed by atoms with E-state index in [1.807, 2.05) is 6.92 Å². The number of aliphatic carboxylic acids is 1. The monoisotopic (exact) mass is 226 g/mol. The first-order valence-electron chi connectivity index (χ1n) is 5.41. The molecule has 1 atom stereocenters. The maximum atomic E-state index is 11.6. The zero-order valence-electron chi connectivity index (χ0n) is 9.48. The highest BCUT2D eigenvalue weighted by molar-refractivity contribution is 5.76. The molecule has 1 aliphatic rings. The van der Waals surface area contributed by atoms with Gasteiger partial charge in [0.25, 0.3) is 0 Å². The first kappa shape index (κ1) is 12.5. The summed E-state index contributed by atoms with van der Waals surface area (Å²) in [6.45, 7) is 6.59. The van der Waals surface area contributed by atoms with Gasteiger partial charge in [0.1, 0.15) is 0 Å². The van der Waals surface area contributed by atoms with Crippen LogP contribution in [0.5, 0.6) is 0 Å². The number of amides is 2. The minimum atomic E-state index is -0.801. The fourth-order valence-corrected chi connectivity index (χ4v) is 1.72. The molecule has 1 heterocycles. The quantitative estimate of drug-likeness (QED) is 0.689. The lowest BCUT2D eigenvalue weighted by molar-refractivity contribution is -0.139. The highest BCUT2D eigenvalue weighted by atomic mass is 16.4. The highest BCUT2D eigenvalue weighted by Gasteiger charge is 2.32. The lowest BCUT2D eigenvalue weighted by Gasteiger charge is -2.39. The van der Waals surface area contributed by atoms with Gasteiger partial charge in [-0.15, -0.1) is 6.58 Å². The molecule has 0 saturated carbocycles. The molecule has 90 valence electrons. The third kappa shape index (κ3) is 3.56. The Bertz CT molecular complexity index is 285. The maximum absolute atomic E-state index is 11.6. The van der Waals surface area contributed by atoms with Crippen molar-refractivity contribution in [3.63, 3.8) is 0 Å². The Balaban J connectivity index is 2.21. The second kappa shape index (κ2) is 5.53. The minimum Gasteiger partial charge on any atom is -0.481 e. The fourth-order valence-electron chi connectivity index (χ4n) is 1.72. The number of carboxylic acid groups (broad SMARTS) is 1. The van der Waals surface area contributed by atoms with Crippen molar-refractivity contribution in [2.24, 2.45) is 5.92 Å². The van der Waals surface area contributed by atoms with Crippen LogP contribution in [-0.4, -0.2) is 41.1 Å². The van der Waals surface area contributed by atoms with Gasteiger partial charge in [-0.1, -0.05) is 6.08 Å². The molecule has 1 fully saturated rings. The number of carbonyl (C=O) groups excluding carboxylic acids is 1. The Morgan fingerprint density at radius 2 is 2.25 bits per heavy atom. The summed E-state index contributed by atoms with van der Waals surface area (Å²) in [5, 5.41) is 11.4. The summed E-state index contributed by atoms with van der Waals surface area (Å²) >= 11 is 0. The third-order valence-electron chi connectivity index (χ3n) is 2.60. The van der Waals surface area contributed by atoms with Gasteiger partial charge < -0.3 is 15.3 Å². The van der Waals surface area contributed by atoms with Crippen LogP contribution >= 0.6 is 0 Å². The Morgan fingerprint density at radius 1 is 1.62 bits per heavy atom. The molecule has 0 aromatic heterocycles. The Labute approximate surface area is 95.1 Å². The largest absolute Gasteiger partial charge is 0.481 e. The molecule has 1 aliphatic heterocycles. The number of nitrogens with one attached hydrogen (secondary N) is 1. The van der Waals surface area contributed by atoms with Gasteiger partial charge in [-0.2, -0.15) is 0 Å². The van der Waals surface area contributed by atoms with Crippen molar-refractivity contribution in [2.75, 3.05) is 13.1 Å². The molecule has 0 radical (unpaired) electrons. The number of likely N-dealkylation sites (tertiary alicyclic amines) is 1. The Hall–Kier alpha value is -1.52. The van der Waals surface area contributed by atoms with Crippen LogP contribution in [0.2, 0.25) is 0 Å². The summed E-state index contributed by atoms with van der Waals surface area (Å²) in [4.78, 5) is 23.6. The molecule has 2 N–H and O–H groups in total. The molecule has 1 unspecified atom stereocenters. The van der Waals surface area contributed by atoms with Gasteiger partial charge in [0.05, 0.1) is 6.42 Å². The average Bonchev–Trinajstić information content (AvgIpc) is 2.10. The van der Waals surface area contributed by atoms with Crippen molar-refractivity contribution >= 4 is 12.0 Å². The third-order valence-corrected chi connectivity index (χ3v) is 2.60. The van der Waals surface area contributed by atoms with E-state index < -0.39 is 5.97 Å². The summed E-state index contributed by atoms with van der Waals surface area (Å²) in [6.07, 6.45) is 2.64. The zero-order valence-corrected chi connectivity index (χ0v) is 9.48. The smallest absolute Gasteiger partial charge is 0.317 e. The van der Waals surface area contributed by atoms with Gasteiger partial charge in [0, 0.05) is 25.0 Å². The van der Waals surface area contributed by atoms with E-state index in [0.717, 1.165) is 6.42 Å². The predicted octanol–water partition coefficient (Wildman–Crippen LogP) is 1.07. The van der Waals surface area contributed by atoms with Crippen LogP contribution in [0.1, 0.15) is 19.8 Å². The van der Waals surface area contributed by atoms with Gasteiger partial charge in [0.2, 0.25) is 0 Å². The number of rotatable bonds is 5. The van der Waals surface area contributed by atoms with Crippen molar-refractivity contribution in [1.29, 1.82) is 0 Å². The van der Waals surface area contributed by atoms with Crippen molar-refractivity contribution in [3.05, 3.63) is 12.7 Å². The number of carboxylic acids is 1. The molecule has 1 saturated heterocycles. The van der Waals surface area contributed by atoms with E-state index in [2.05, 4.69) is 11.9 Å². The SMILES string of the molecule is C=CCC(C)NC(=O)N1CC(CC(=O)O)C1. The van der Waals surface area contributed by atoms with Crippen molar-refractivity contribution in [1.82, 2.24) is 10.2 Å². The zero-order chi connectivity index (χ0) is 12.1. The molecule has 0 aliphatic carbocycles. The van der Waals surface area contributed by atoms with Gasteiger partial charge >= 0.3 is 12.0 Å². The molecule has 0 aromatic carbocycles. The van der Waals surface area contributed by atoms with E-state index in [1.165, 1.54) is 0 Å². The first-order valence-corrected chi connectivity index (χ1v) is 5.41. The van der Waals surface area contributed by atoms with E-state index >= 15 is 0 Å². The number of urea groups is 1. The van der Waals surface area contributed by atoms with E-state index in [4.69, 9.17) is 5.11 Å². The van der Waals surface area contributed by atoms with E-state index in [-0.39, 0.29) is 24.4 Å². The molecule has 5 heteroatoms. The molecular weight excluding hydrogens is 208 g/mol. The number of carbonyl (C=O) groups is 2. The normalized spacial score (nSPS) is 17.4.